The summed E-state index contributed by atoms with van der Waals surface area (Å²) in [6.07, 6.45) is 4.63. The van der Waals surface area contributed by atoms with Crippen LogP contribution < -0.4 is 5.32 Å². The number of ketones is 1. The summed E-state index contributed by atoms with van der Waals surface area (Å²) >= 11 is 2.87. The molecule has 0 saturated heterocycles. The zero-order valence-electron chi connectivity index (χ0n) is 16.9. The lowest BCUT2D eigenvalue weighted by Crippen LogP contribution is -2.36. The van der Waals surface area contributed by atoms with Gasteiger partial charge in [0, 0.05) is 11.3 Å². The molecule has 1 fully saturated rings. The lowest BCUT2D eigenvalue weighted by atomic mass is 9.82. The van der Waals surface area contributed by atoms with Crippen molar-refractivity contribution in [1.29, 1.82) is 0 Å². The van der Waals surface area contributed by atoms with Crippen LogP contribution in [0.4, 0.5) is 5.69 Å². The fourth-order valence-electron chi connectivity index (χ4n) is 4.62. The van der Waals surface area contributed by atoms with Crippen molar-refractivity contribution < 1.29 is 19.5 Å². The number of hydrogen-bond acceptors (Lipinski definition) is 6. The summed E-state index contributed by atoms with van der Waals surface area (Å²) in [5, 5.41) is 12.5. The van der Waals surface area contributed by atoms with E-state index < -0.39 is 17.8 Å². The van der Waals surface area contributed by atoms with E-state index in [9.17, 15) is 19.5 Å². The molecular formula is C24H20N2O4S2. The zero-order chi connectivity index (χ0) is 22.2. The molecule has 2 aromatic carbocycles. The molecule has 32 heavy (non-hydrogen) atoms. The van der Waals surface area contributed by atoms with Gasteiger partial charge in [-0.3, -0.25) is 14.4 Å². The number of benzene rings is 2. The van der Waals surface area contributed by atoms with Gasteiger partial charge in [0.1, 0.15) is 0 Å². The van der Waals surface area contributed by atoms with Crippen LogP contribution >= 0.6 is 23.1 Å². The number of carboxylic acid groups (broad SMARTS) is 1. The van der Waals surface area contributed by atoms with Gasteiger partial charge in [0.05, 0.1) is 27.8 Å². The van der Waals surface area contributed by atoms with E-state index in [1.165, 1.54) is 23.1 Å². The molecule has 0 radical (unpaired) electrons. The van der Waals surface area contributed by atoms with Crippen molar-refractivity contribution >= 4 is 56.7 Å². The number of hydrogen-bond donors (Lipinski definition) is 2. The Balaban J connectivity index is 1.27. The third-order valence-electron chi connectivity index (χ3n) is 6.11. The smallest absolute Gasteiger partial charge is 0.307 e. The van der Waals surface area contributed by atoms with E-state index in [0.29, 0.717) is 17.0 Å². The Morgan fingerprint density at radius 1 is 1.06 bits per heavy atom. The largest absolute Gasteiger partial charge is 0.481 e. The normalized spacial score (nSPS) is 23.5. The van der Waals surface area contributed by atoms with E-state index in [1.807, 2.05) is 42.5 Å². The quantitative estimate of drug-likeness (QED) is 0.298. The highest BCUT2D eigenvalue weighted by Gasteiger charge is 2.51. The summed E-state index contributed by atoms with van der Waals surface area (Å²) in [4.78, 5) is 41.5. The molecule has 2 aliphatic carbocycles. The van der Waals surface area contributed by atoms with Crippen molar-refractivity contribution in [3.8, 4) is 0 Å². The molecule has 1 saturated carbocycles. The number of thioether (sulfide) groups is 1. The third-order valence-corrected chi connectivity index (χ3v) is 8.27. The summed E-state index contributed by atoms with van der Waals surface area (Å²) in [6, 6.07) is 14.6. The third kappa shape index (κ3) is 3.96. The van der Waals surface area contributed by atoms with Gasteiger partial charge < -0.3 is 10.4 Å². The average molecular weight is 465 g/mol. The first kappa shape index (κ1) is 20.9. The number of carbonyl (C=O) groups excluding carboxylic acids is 2. The molecule has 1 amide bonds. The second-order valence-corrected chi connectivity index (χ2v) is 10.3. The van der Waals surface area contributed by atoms with Crippen LogP contribution in [0.3, 0.4) is 0 Å². The molecule has 4 atom stereocenters. The molecule has 3 aromatic rings. The number of anilines is 1. The van der Waals surface area contributed by atoms with Crippen LogP contribution in [0.1, 0.15) is 16.8 Å². The highest BCUT2D eigenvalue weighted by Crippen LogP contribution is 2.48. The van der Waals surface area contributed by atoms with Gasteiger partial charge >= 0.3 is 5.97 Å². The average Bonchev–Trinajstić information content (AvgIpc) is 3.51. The van der Waals surface area contributed by atoms with Gasteiger partial charge in [0.25, 0.3) is 0 Å². The first-order valence-electron chi connectivity index (χ1n) is 10.3. The molecule has 0 unspecified atom stereocenters. The number of nitrogens with zero attached hydrogens (tertiary/aromatic N) is 1. The van der Waals surface area contributed by atoms with Crippen LogP contribution in [0.5, 0.6) is 0 Å². The number of thiazole rings is 1. The van der Waals surface area contributed by atoms with Crippen molar-refractivity contribution in [2.45, 2.75) is 10.8 Å². The van der Waals surface area contributed by atoms with Crippen molar-refractivity contribution in [1.82, 2.24) is 4.98 Å². The number of aromatic nitrogens is 1. The maximum Gasteiger partial charge on any atom is 0.307 e. The predicted molar refractivity (Wildman–Crippen MR) is 125 cm³/mol. The molecule has 162 valence electrons. The van der Waals surface area contributed by atoms with Crippen LogP contribution in [0.15, 0.2) is 65.0 Å². The van der Waals surface area contributed by atoms with Crippen LogP contribution in [0, 0.1) is 23.7 Å². The molecule has 0 spiro atoms. The molecule has 1 heterocycles. The van der Waals surface area contributed by atoms with E-state index in [4.69, 9.17) is 0 Å². The number of Topliss-reactive ketones (excluding diaryl/α,β-unsaturated/α-hetero) is 1. The highest BCUT2D eigenvalue weighted by molar-refractivity contribution is 8.01. The summed E-state index contributed by atoms with van der Waals surface area (Å²) in [5.74, 6) is -2.09. The molecule has 8 heteroatoms. The minimum Gasteiger partial charge on any atom is -0.481 e. The topological polar surface area (TPSA) is 96.4 Å². The Hall–Kier alpha value is -2.97. The Labute approximate surface area is 192 Å². The minimum absolute atomic E-state index is 0.0154. The molecule has 5 rings (SSSR count). The van der Waals surface area contributed by atoms with Crippen LogP contribution in [-0.2, 0) is 9.59 Å². The zero-order valence-corrected chi connectivity index (χ0v) is 18.6. The number of aliphatic carboxylic acids is 1. The molecule has 2 N–H and O–H groups in total. The number of carboxylic acids is 1. The fraction of sp³-hybridized carbons (Fsp3) is 0.250. The van der Waals surface area contributed by atoms with E-state index in [2.05, 4.69) is 10.3 Å². The first-order chi connectivity index (χ1) is 15.5. The Morgan fingerprint density at radius 3 is 2.56 bits per heavy atom. The lowest BCUT2D eigenvalue weighted by molar-refractivity contribution is -0.146. The van der Waals surface area contributed by atoms with E-state index in [-0.39, 0.29) is 23.5 Å². The molecule has 2 bridgehead atoms. The number of fused-ring (bicyclic) bond motifs is 3. The van der Waals surface area contributed by atoms with E-state index in [0.717, 1.165) is 21.0 Å². The number of nitrogens with one attached hydrogen (secondary N) is 1. The minimum atomic E-state index is -0.911. The molecule has 0 aliphatic heterocycles. The maximum absolute atomic E-state index is 12.9. The van der Waals surface area contributed by atoms with Gasteiger partial charge in [-0.15, -0.1) is 11.3 Å². The van der Waals surface area contributed by atoms with E-state index >= 15 is 0 Å². The van der Waals surface area contributed by atoms with Crippen LogP contribution in [-0.4, -0.2) is 33.5 Å². The summed E-state index contributed by atoms with van der Waals surface area (Å²) in [5.41, 5.74) is 2.11. The number of amides is 1. The fourth-order valence-corrected chi connectivity index (χ4v) is 6.62. The van der Waals surface area contributed by atoms with Gasteiger partial charge in [0.2, 0.25) is 5.91 Å². The van der Waals surface area contributed by atoms with Crippen LogP contribution in [0.25, 0.3) is 10.2 Å². The maximum atomic E-state index is 12.9. The standard InChI is InChI=1S/C24H20N2O4S2/c27-18(13-4-2-1-3-5-13)12-31-24-26-17-9-8-16(11-19(17)32-24)25-22(28)20-14-6-7-15(10-14)21(20)23(29)30/h1-9,11,14-15,20-21H,10,12H2,(H,25,28)(H,29,30)/t14-,15-,20-,21+/m0/s1. The van der Waals surface area contributed by atoms with Crippen molar-refractivity contribution in [3.05, 3.63) is 66.2 Å². The highest BCUT2D eigenvalue weighted by atomic mass is 32.2. The number of rotatable bonds is 7. The number of carbonyl (C=O) groups is 3. The van der Waals surface area contributed by atoms with Gasteiger partial charge in [-0.1, -0.05) is 54.2 Å². The monoisotopic (exact) mass is 464 g/mol. The molecule has 6 nitrogen and oxygen atoms in total. The molecule has 1 aromatic heterocycles. The predicted octanol–water partition coefficient (Wildman–Crippen LogP) is 4.73. The van der Waals surface area contributed by atoms with Crippen molar-refractivity contribution in [2.75, 3.05) is 11.1 Å². The Kier molecular flexibility index (Phi) is 5.57. The Bertz CT molecular complexity index is 1240. The van der Waals surface area contributed by atoms with Gasteiger partial charge in [-0.05, 0) is 36.5 Å². The van der Waals surface area contributed by atoms with Gasteiger partial charge in [-0.2, -0.15) is 0 Å². The Morgan fingerprint density at radius 2 is 1.81 bits per heavy atom. The van der Waals surface area contributed by atoms with Crippen molar-refractivity contribution in [2.24, 2.45) is 23.7 Å². The SMILES string of the molecule is O=C(CSc1nc2ccc(NC(=O)[C@@H]3[C@H](C(=O)O)[C@H]4C=C[C@H]3C4)cc2s1)c1ccccc1. The number of allylic oxidation sites excluding steroid dienone is 2. The molecule has 2 aliphatic rings. The molecular weight excluding hydrogens is 444 g/mol. The van der Waals surface area contributed by atoms with E-state index in [1.54, 1.807) is 18.2 Å². The summed E-state index contributed by atoms with van der Waals surface area (Å²) in [7, 11) is 0. The second kappa shape index (κ2) is 8.52. The van der Waals surface area contributed by atoms with Gasteiger partial charge in [-0.25, -0.2) is 4.98 Å². The first-order valence-corrected chi connectivity index (χ1v) is 12.1. The van der Waals surface area contributed by atoms with Crippen molar-refractivity contribution in [3.63, 3.8) is 0 Å². The summed E-state index contributed by atoms with van der Waals surface area (Å²) in [6.45, 7) is 0. The summed E-state index contributed by atoms with van der Waals surface area (Å²) < 4.78 is 1.69. The van der Waals surface area contributed by atoms with Gasteiger partial charge in [0.15, 0.2) is 10.1 Å². The lowest BCUT2D eigenvalue weighted by Gasteiger charge is -2.23. The second-order valence-electron chi connectivity index (χ2n) is 8.07. The van der Waals surface area contributed by atoms with Crippen LogP contribution in [0.2, 0.25) is 0 Å².